The summed E-state index contributed by atoms with van der Waals surface area (Å²) < 4.78 is 1.84. The Morgan fingerprint density at radius 2 is 1.47 bits per heavy atom. The van der Waals surface area contributed by atoms with Crippen LogP contribution in [0.1, 0.15) is 56.6 Å². The van der Waals surface area contributed by atoms with Crippen LogP contribution in [0.4, 0.5) is 0 Å². The van der Waals surface area contributed by atoms with Gasteiger partial charge < -0.3 is 5.32 Å². The Kier molecular flexibility index (Phi) is 5.69. The van der Waals surface area contributed by atoms with Gasteiger partial charge in [0, 0.05) is 28.2 Å². The Labute approximate surface area is 189 Å². The fourth-order valence-corrected chi connectivity index (χ4v) is 5.02. The van der Waals surface area contributed by atoms with Crippen LogP contribution in [0.3, 0.4) is 0 Å². The lowest BCUT2D eigenvalue weighted by atomic mass is 9.79. The van der Waals surface area contributed by atoms with E-state index in [2.05, 4.69) is 5.32 Å². The largest absolute Gasteiger partial charge is 0.348 e. The first kappa shape index (κ1) is 22.2. The number of hydrogen-bond donors (Lipinski definition) is 1. The minimum Gasteiger partial charge on any atom is -0.348 e. The number of benzene rings is 2. The van der Waals surface area contributed by atoms with Gasteiger partial charge in [-0.15, -0.1) is 10.3 Å². The van der Waals surface area contributed by atoms with Crippen LogP contribution in [0.5, 0.6) is 0 Å². The van der Waals surface area contributed by atoms with Crippen LogP contribution < -0.4 is 5.32 Å². The van der Waals surface area contributed by atoms with E-state index in [0.717, 1.165) is 22.5 Å². The van der Waals surface area contributed by atoms with Gasteiger partial charge in [-0.05, 0) is 59.6 Å². The maximum atomic E-state index is 13.4. The van der Waals surface area contributed by atoms with Gasteiger partial charge in [-0.3, -0.25) is 4.79 Å². The predicted octanol–water partition coefficient (Wildman–Crippen LogP) is 4.94. The van der Waals surface area contributed by atoms with Crippen molar-refractivity contribution in [1.82, 2.24) is 20.2 Å². The SMILES string of the molecule is Cc1c(C(=O)NC2CC(C)(C)N([O])C(C)(C)C2)nn(-c2ccccc2)c1-c1ccccc1. The summed E-state index contributed by atoms with van der Waals surface area (Å²) in [4.78, 5) is 13.4. The summed E-state index contributed by atoms with van der Waals surface area (Å²) in [5.41, 5.74) is 2.95. The van der Waals surface area contributed by atoms with Crippen molar-refractivity contribution < 1.29 is 10.0 Å². The van der Waals surface area contributed by atoms with Gasteiger partial charge in [-0.1, -0.05) is 48.5 Å². The van der Waals surface area contributed by atoms with Crippen LogP contribution in [-0.4, -0.2) is 37.9 Å². The van der Waals surface area contributed by atoms with Crippen LogP contribution in [0.25, 0.3) is 16.9 Å². The lowest BCUT2D eigenvalue weighted by molar-refractivity contribution is -0.289. The van der Waals surface area contributed by atoms with Crippen molar-refractivity contribution in [3.05, 3.63) is 71.9 Å². The molecule has 1 aliphatic heterocycles. The summed E-state index contributed by atoms with van der Waals surface area (Å²) >= 11 is 0. The highest BCUT2D eigenvalue weighted by Gasteiger charge is 2.46. The molecule has 2 aromatic carbocycles. The van der Waals surface area contributed by atoms with Gasteiger partial charge in [0.25, 0.3) is 5.91 Å². The van der Waals surface area contributed by atoms with Crippen molar-refractivity contribution in [2.45, 2.75) is 64.6 Å². The van der Waals surface area contributed by atoms with Gasteiger partial charge in [0.05, 0.1) is 11.4 Å². The summed E-state index contributed by atoms with van der Waals surface area (Å²) in [6, 6.07) is 19.7. The molecule has 0 unspecified atom stereocenters. The second-order valence-electron chi connectivity index (χ2n) is 9.93. The molecule has 4 rings (SSSR count). The molecule has 6 nitrogen and oxygen atoms in total. The van der Waals surface area contributed by atoms with E-state index in [1.165, 1.54) is 5.06 Å². The Morgan fingerprint density at radius 3 is 2.03 bits per heavy atom. The second kappa shape index (κ2) is 8.19. The monoisotopic (exact) mass is 431 g/mol. The van der Waals surface area contributed by atoms with E-state index in [1.807, 2.05) is 100.0 Å². The molecule has 0 bridgehead atoms. The van der Waals surface area contributed by atoms with Gasteiger partial charge in [0.2, 0.25) is 0 Å². The lowest BCUT2D eigenvalue weighted by Gasteiger charge is -2.49. The third-order valence-corrected chi connectivity index (χ3v) is 6.31. The molecule has 1 saturated heterocycles. The smallest absolute Gasteiger partial charge is 0.272 e. The van der Waals surface area contributed by atoms with Gasteiger partial charge in [-0.2, -0.15) is 5.10 Å². The Hall–Kier alpha value is -2.96. The highest BCUT2D eigenvalue weighted by molar-refractivity contribution is 5.96. The number of hydroxylamine groups is 2. The number of nitrogens with zero attached hydrogens (tertiary/aromatic N) is 3. The Balaban J connectivity index is 1.70. The van der Waals surface area contributed by atoms with Crippen LogP contribution in [-0.2, 0) is 5.21 Å². The number of carbonyl (C=O) groups excluding carboxylic acids is 1. The minimum absolute atomic E-state index is 0.0980. The molecule has 6 heteroatoms. The molecule has 1 radical (unpaired) electrons. The number of para-hydroxylation sites is 1. The number of hydrogen-bond acceptors (Lipinski definition) is 3. The number of aromatic nitrogens is 2. The van der Waals surface area contributed by atoms with Crippen molar-refractivity contribution in [2.24, 2.45) is 0 Å². The molecule has 0 aliphatic carbocycles. The third-order valence-electron chi connectivity index (χ3n) is 6.31. The zero-order valence-electron chi connectivity index (χ0n) is 19.4. The molecule has 2 heterocycles. The number of amides is 1. The molecule has 0 spiro atoms. The molecular weight excluding hydrogens is 400 g/mol. The van der Waals surface area contributed by atoms with E-state index in [0.29, 0.717) is 18.5 Å². The predicted molar refractivity (Wildman–Crippen MR) is 125 cm³/mol. The summed E-state index contributed by atoms with van der Waals surface area (Å²) in [6.45, 7) is 9.68. The van der Waals surface area contributed by atoms with Crippen molar-refractivity contribution in [3.8, 4) is 16.9 Å². The van der Waals surface area contributed by atoms with Gasteiger partial charge in [0.1, 0.15) is 0 Å². The number of nitrogens with one attached hydrogen (secondary N) is 1. The molecule has 1 aliphatic rings. The average Bonchev–Trinajstić information content (AvgIpc) is 3.10. The molecular formula is C26H31N4O2. The van der Waals surface area contributed by atoms with Crippen molar-refractivity contribution in [3.63, 3.8) is 0 Å². The summed E-state index contributed by atoms with van der Waals surface area (Å²) in [5, 5.41) is 21.8. The topological polar surface area (TPSA) is 70.1 Å². The van der Waals surface area contributed by atoms with Crippen LogP contribution >= 0.6 is 0 Å². The van der Waals surface area contributed by atoms with E-state index in [-0.39, 0.29) is 11.9 Å². The normalized spacial score (nSPS) is 18.4. The molecule has 3 aromatic rings. The van der Waals surface area contributed by atoms with Crippen LogP contribution in [0, 0.1) is 6.92 Å². The Morgan fingerprint density at radius 1 is 0.938 bits per heavy atom. The molecule has 1 amide bonds. The zero-order chi connectivity index (χ0) is 23.1. The summed E-state index contributed by atoms with van der Waals surface area (Å²) in [7, 11) is 0. The quantitative estimate of drug-likeness (QED) is 0.636. The van der Waals surface area contributed by atoms with E-state index >= 15 is 0 Å². The standard InChI is InChI=1S/C26H31N4O2/c1-18-22(24(31)27-20-16-25(2,3)30(32)26(4,5)17-20)28-29(21-14-10-7-11-15-21)23(18)19-12-8-6-9-13-19/h6-15,20H,16-17H2,1-5H3,(H,27,31). The summed E-state index contributed by atoms with van der Waals surface area (Å²) in [6.07, 6.45) is 1.19. The van der Waals surface area contributed by atoms with E-state index in [4.69, 9.17) is 5.10 Å². The van der Waals surface area contributed by atoms with E-state index < -0.39 is 11.1 Å². The van der Waals surface area contributed by atoms with E-state index in [1.54, 1.807) is 0 Å². The van der Waals surface area contributed by atoms with Crippen LogP contribution in [0.15, 0.2) is 60.7 Å². The number of carbonyl (C=O) groups is 1. The molecule has 0 atom stereocenters. The molecule has 1 aromatic heterocycles. The Bertz CT molecular complexity index is 1090. The van der Waals surface area contributed by atoms with Gasteiger partial charge in [-0.25, -0.2) is 4.68 Å². The third kappa shape index (κ3) is 4.08. The molecule has 32 heavy (non-hydrogen) atoms. The number of piperidine rings is 1. The van der Waals surface area contributed by atoms with Crippen molar-refractivity contribution in [2.75, 3.05) is 0 Å². The molecule has 1 fully saturated rings. The van der Waals surface area contributed by atoms with Crippen LogP contribution in [0.2, 0.25) is 0 Å². The lowest BCUT2D eigenvalue weighted by Crippen LogP contribution is -2.62. The van der Waals surface area contributed by atoms with Crippen molar-refractivity contribution in [1.29, 1.82) is 0 Å². The average molecular weight is 432 g/mol. The molecule has 167 valence electrons. The molecule has 1 N–H and O–H groups in total. The maximum absolute atomic E-state index is 13.4. The first-order valence-corrected chi connectivity index (χ1v) is 11.1. The van der Waals surface area contributed by atoms with Gasteiger partial charge >= 0.3 is 0 Å². The maximum Gasteiger partial charge on any atom is 0.272 e. The summed E-state index contributed by atoms with van der Waals surface area (Å²) in [5.74, 6) is -0.203. The highest BCUT2D eigenvalue weighted by atomic mass is 16.5. The van der Waals surface area contributed by atoms with E-state index in [9.17, 15) is 10.0 Å². The first-order valence-electron chi connectivity index (χ1n) is 11.1. The first-order chi connectivity index (χ1) is 15.1. The highest BCUT2D eigenvalue weighted by Crippen LogP contribution is 2.37. The zero-order valence-corrected chi connectivity index (χ0v) is 19.4. The number of rotatable bonds is 4. The van der Waals surface area contributed by atoms with Gasteiger partial charge in [0.15, 0.2) is 5.69 Å². The minimum atomic E-state index is -0.548. The second-order valence-corrected chi connectivity index (χ2v) is 9.93. The fourth-order valence-electron chi connectivity index (χ4n) is 5.02. The van der Waals surface area contributed by atoms with Crippen molar-refractivity contribution >= 4 is 5.91 Å². The fraction of sp³-hybridized carbons (Fsp3) is 0.385. The molecule has 0 saturated carbocycles.